The number of carbonyl (C=O) groups is 2. The molecule has 72 heavy (non-hydrogen) atoms. The monoisotopic (exact) mass is 1010 g/mol. The molecule has 10 rings (SSSR count). The number of ether oxygens (including phenoxy) is 4. The van der Waals surface area contributed by atoms with Crippen LogP contribution in [0.4, 0.5) is 8.78 Å². The minimum atomic E-state index is -0.252. The second kappa shape index (κ2) is 23.3. The Morgan fingerprint density at radius 1 is 0.569 bits per heavy atom. The number of thiophene rings is 2. The number of halogens is 2. The summed E-state index contributed by atoms with van der Waals surface area (Å²) in [6.07, 6.45) is 1.83. The van der Waals surface area contributed by atoms with Crippen LogP contribution in [-0.4, -0.2) is 92.3 Å². The van der Waals surface area contributed by atoms with Gasteiger partial charge in [0.15, 0.2) is 11.5 Å². The van der Waals surface area contributed by atoms with Crippen LogP contribution in [0.3, 0.4) is 0 Å². The van der Waals surface area contributed by atoms with Gasteiger partial charge in [-0.15, -0.1) is 22.7 Å². The lowest BCUT2D eigenvalue weighted by Gasteiger charge is -2.16. The van der Waals surface area contributed by atoms with Crippen molar-refractivity contribution in [1.29, 1.82) is 0 Å². The Morgan fingerprint density at radius 2 is 1.00 bits per heavy atom. The molecule has 1 N–H and O–H groups in total. The summed E-state index contributed by atoms with van der Waals surface area (Å²) in [6, 6.07) is 41.1. The van der Waals surface area contributed by atoms with Gasteiger partial charge in [-0.25, -0.2) is 0 Å². The molecule has 0 unspecified atom stereocenters. The molecule has 0 amide bonds. The topological polar surface area (TPSA) is 97.8 Å². The highest BCUT2D eigenvalue weighted by molar-refractivity contribution is 7.22. The molecule has 8 aromatic rings. The van der Waals surface area contributed by atoms with E-state index in [1.54, 1.807) is 18.2 Å². The number of carbonyl (C=O) groups excluding carboxylic acids is 2. The van der Waals surface area contributed by atoms with Gasteiger partial charge in [0.1, 0.15) is 51.7 Å². The molecule has 2 aliphatic heterocycles. The maximum Gasteiger partial charge on any atom is 0.207 e. The molecule has 0 spiro atoms. The van der Waals surface area contributed by atoms with Gasteiger partial charge in [0.2, 0.25) is 11.6 Å². The van der Waals surface area contributed by atoms with Crippen molar-refractivity contribution >= 4 is 54.4 Å². The number of aromatic hydroxyl groups is 1. The number of benzene rings is 6. The fourth-order valence-electron chi connectivity index (χ4n) is 9.16. The Morgan fingerprint density at radius 3 is 1.44 bits per heavy atom. The normalized spacial score (nSPS) is 15.9. The summed E-state index contributed by atoms with van der Waals surface area (Å²) in [5.41, 5.74) is 4.28. The van der Waals surface area contributed by atoms with Crippen LogP contribution in [0.1, 0.15) is 60.0 Å². The second-order valence-electron chi connectivity index (χ2n) is 18.6. The smallest absolute Gasteiger partial charge is 0.207 e. The van der Waals surface area contributed by atoms with Gasteiger partial charge in [-0.2, -0.15) is 0 Å². The van der Waals surface area contributed by atoms with E-state index in [0.29, 0.717) is 57.1 Å². The average molecular weight is 1010 g/mol. The summed E-state index contributed by atoms with van der Waals surface area (Å²) in [6.45, 7) is 11.5. The highest BCUT2D eigenvalue weighted by Crippen LogP contribution is 2.44. The van der Waals surface area contributed by atoms with E-state index in [1.807, 2.05) is 130 Å². The minimum absolute atomic E-state index is 0.0289. The lowest BCUT2D eigenvalue weighted by atomic mass is 10.0. The number of fused-ring (bicyclic) bond motifs is 2. The van der Waals surface area contributed by atoms with Gasteiger partial charge in [-0.05, 0) is 142 Å². The Hall–Kier alpha value is -6.64. The van der Waals surface area contributed by atoms with Gasteiger partial charge in [0.25, 0.3) is 0 Å². The van der Waals surface area contributed by atoms with Crippen molar-refractivity contribution in [3.05, 3.63) is 171 Å². The Bertz CT molecular complexity index is 2940. The van der Waals surface area contributed by atoms with Crippen molar-refractivity contribution in [2.75, 3.05) is 65.8 Å². The average Bonchev–Trinajstić information content (AvgIpc) is 4.21. The Kier molecular flexibility index (Phi) is 16.3. The van der Waals surface area contributed by atoms with Crippen LogP contribution < -0.4 is 18.9 Å². The quantitative estimate of drug-likeness (QED) is 0.0843. The number of nitrogens with zero attached hydrogens (tertiary/aromatic N) is 2. The molecule has 2 saturated heterocycles. The first-order chi connectivity index (χ1) is 35.0. The van der Waals surface area contributed by atoms with Crippen LogP contribution in [0.5, 0.6) is 40.2 Å². The molecule has 0 saturated carbocycles. The van der Waals surface area contributed by atoms with E-state index >= 15 is 0 Å². The van der Waals surface area contributed by atoms with E-state index in [2.05, 4.69) is 15.9 Å². The standard InChI is InChI=1S/C30H30FNO3S.C29H28FNO4S/c1-20-7-12-26-27(17-20)36-30(28(33)25-6-4-3-5-21(25)2)29(26)35-24-10-8-23(9-11-24)34-16-15-32-14-13-22(18-31)19-32;1-19-4-2-3-5-24(19)27(33)29-28(25-11-6-21(32)16-26(25)36-29)35-23-9-7-22(8-10-23)34-15-14-31-13-12-20(17-30)18-31/h3-12,17,22H,13-16,18-19H2,1-2H3;2-11,16,20,32H,12-15,17-18H2,1H3/t22-;20-/m00/s1. The second-order valence-corrected chi connectivity index (χ2v) is 20.7. The summed E-state index contributed by atoms with van der Waals surface area (Å²) in [5.74, 6) is 4.10. The van der Waals surface area contributed by atoms with Crippen LogP contribution in [0.25, 0.3) is 20.2 Å². The highest BCUT2D eigenvalue weighted by atomic mass is 32.1. The zero-order chi connectivity index (χ0) is 50.1. The number of likely N-dealkylation sites (tertiary alicyclic amines) is 2. The van der Waals surface area contributed by atoms with Crippen molar-refractivity contribution in [2.45, 2.75) is 33.6 Å². The van der Waals surface area contributed by atoms with Crippen molar-refractivity contribution in [2.24, 2.45) is 11.8 Å². The number of alkyl halides is 2. The molecular formula is C59H58F2N2O7S2. The molecule has 372 valence electrons. The summed E-state index contributed by atoms with van der Waals surface area (Å²) in [4.78, 5) is 32.6. The largest absolute Gasteiger partial charge is 0.508 e. The van der Waals surface area contributed by atoms with E-state index < -0.39 is 0 Å². The van der Waals surface area contributed by atoms with E-state index in [9.17, 15) is 23.5 Å². The minimum Gasteiger partial charge on any atom is -0.508 e. The zero-order valence-corrected chi connectivity index (χ0v) is 42.3. The van der Waals surface area contributed by atoms with Crippen LogP contribution in [-0.2, 0) is 0 Å². The first-order valence-electron chi connectivity index (χ1n) is 24.4. The van der Waals surface area contributed by atoms with Crippen LogP contribution in [0, 0.1) is 32.6 Å². The van der Waals surface area contributed by atoms with Crippen LogP contribution >= 0.6 is 22.7 Å². The first-order valence-corrected chi connectivity index (χ1v) is 26.0. The molecule has 0 radical (unpaired) electrons. The van der Waals surface area contributed by atoms with E-state index in [4.69, 9.17) is 18.9 Å². The fourth-order valence-corrected chi connectivity index (χ4v) is 11.5. The highest BCUT2D eigenvalue weighted by Gasteiger charge is 2.26. The molecule has 2 aliphatic rings. The summed E-state index contributed by atoms with van der Waals surface area (Å²) < 4.78 is 51.8. The number of aryl methyl sites for hydroxylation is 3. The first kappa shape index (κ1) is 50.3. The van der Waals surface area contributed by atoms with Crippen molar-refractivity contribution in [3.63, 3.8) is 0 Å². The van der Waals surface area contributed by atoms with Gasteiger partial charge < -0.3 is 24.1 Å². The maximum atomic E-state index is 13.5. The number of rotatable bonds is 18. The third kappa shape index (κ3) is 12.0. The van der Waals surface area contributed by atoms with Gasteiger partial charge in [0, 0.05) is 69.3 Å². The summed E-state index contributed by atoms with van der Waals surface area (Å²) >= 11 is 2.78. The lowest BCUT2D eigenvalue weighted by Crippen LogP contribution is -2.26. The molecule has 13 heteroatoms. The molecule has 9 nitrogen and oxygen atoms in total. The number of ketones is 2. The SMILES string of the molecule is Cc1ccc2c(Oc3ccc(OCCN4CC[C@@H](CF)C4)cc3)c(C(=O)c3ccccc3C)sc2c1.Cc1ccccc1C(=O)c1sc2cc(O)ccc2c1Oc1ccc(OCCN2CC[C@@H](CF)C2)cc1. The zero-order valence-electron chi connectivity index (χ0n) is 40.7. The Labute approximate surface area is 427 Å². The summed E-state index contributed by atoms with van der Waals surface area (Å²) in [5, 5.41) is 11.7. The molecule has 2 atom stereocenters. The predicted molar refractivity (Wildman–Crippen MR) is 284 cm³/mol. The van der Waals surface area contributed by atoms with Crippen molar-refractivity contribution < 1.29 is 42.4 Å². The molecule has 6 aromatic carbocycles. The maximum absolute atomic E-state index is 13.5. The molecule has 0 aliphatic carbocycles. The van der Waals surface area contributed by atoms with Gasteiger partial charge >= 0.3 is 0 Å². The number of phenols is 1. The predicted octanol–water partition coefficient (Wildman–Crippen LogP) is 13.8. The van der Waals surface area contributed by atoms with Crippen LogP contribution in [0.2, 0.25) is 0 Å². The number of phenolic OH excluding ortho intramolecular Hbond substituents is 1. The number of hydrogen-bond donors (Lipinski definition) is 1. The van der Waals surface area contributed by atoms with E-state index in [1.165, 1.54) is 22.7 Å². The van der Waals surface area contributed by atoms with E-state index in [-0.39, 0.29) is 42.5 Å². The van der Waals surface area contributed by atoms with Crippen molar-refractivity contribution in [3.8, 4) is 40.2 Å². The van der Waals surface area contributed by atoms with Crippen LogP contribution in [0.15, 0.2) is 133 Å². The summed E-state index contributed by atoms with van der Waals surface area (Å²) in [7, 11) is 0. The fraction of sp³-hybridized carbons (Fsp3) is 0.288. The molecular weight excluding hydrogens is 951 g/mol. The van der Waals surface area contributed by atoms with Crippen molar-refractivity contribution in [1.82, 2.24) is 9.80 Å². The van der Waals surface area contributed by atoms with Gasteiger partial charge in [-0.1, -0.05) is 54.6 Å². The third-order valence-corrected chi connectivity index (χ3v) is 15.5. The molecule has 0 bridgehead atoms. The van der Waals surface area contributed by atoms with Gasteiger partial charge in [0.05, 0.1) is 13.3 Å². The Balaban J connectivity index is 0.000000178. The third-order valence-electron chi connectivity index (χ3n) is 13.2. The van der Waals surface area contributed by atoms with Gasteiger partial charge in [-0.3, -0.25) is 28.2 Å². The lowest BCUT2D eigenvalue weighted by molar-refractivity contribution is 0.103. The number of hydrogen-bond acceptors (Lipinski definition) is 11. The van der Waals surface area contributed by atoms with E-state index in [0.717, 1.165) is 100 Å². The molecule has 2 fully saturated rings. The molecule has 2 aromatic heterocycles. The molecule has 4 heterocycles.